The van der Waals surface area contributed by atoms with Crippen LogP contribution in [0.3, 0.4) is 0 Å². The summed E-state index contributed by atoms with van der Waals surface area (Å²) in [4.78, 5) is 0. The van der Waals surface area contributed by atoms with E-state index in [0.717, 1.165) is 12.8 Å². The first kappa shape index (κ1) is 13.2. The van der Waals surface area contributed by atoms with Gasteiger partial charge in [-0.25, -0.2) is 0 Å². The molecule has 0 aromatic rings. The molecule has 0 aliphatic heterocycles. The molecular weight excluding hydrogens is 174 g/mol. The lowest BCUT2D eigenvalue weighted by molar-refractivity contribution is 0.149. The van der Waals surface area contributed by atoms with Crippen LogP contribution in [-0.2, 0) is 4.74 Å². The Kier molecular flexibility index (Phi) is 8.27. The fourth-order valence-electron chi connectivity index (χ4n) is 1.20. The van der Waals surface area contributed by atoms with Gasteiger partial charge in [-0.05, 0) is 39.0 Å². The van der Waals surface area contributed by atoms with E-state index < -0.39 is 0 Å². The number of hydrogen-bond donors (Lipinski definition) is 0. The normalized spacial score (nSPS) is 11.9. The molecule has 1 unspecified atom stereocenters. The van der Waals surface area contributed by atoms with Crippen molar-refractivity contribution in [3.05, 3.63) is 11.6 Å². The predicted molar refractivity (Wildman–Crippen MR) is 58.9 cm³/mol. The monoisotopic (exact) mass is 195 g/mol. The maximum Gasteiger partial charge on any atom is 0.133 e. The second kappa shape index (κ2) is 8.77. The summed E-state index contributed by atoms with van der Waals surface area (Å²) in [6.45, 7) is 7.42. The molecule has 0 saturated carbocycles. The Labute approximate surface area is 87.6 Å². The summed E-state index contributed by atoms with van der Waals surface area (Å²) in [6.07, 6.45) is 5.69. The Morgan fingerprint density at radius 2 is 2.14 bits per heavy atom. The van der Waals surface area contributed by atoms with Crippen LogP contribution in [0.15, 0.2) is 11.6 Å². The third kappa shape index (κ3) is 9.28. The molecule has 0 heterocycles. The number of nitriles is 1. The number of rotatable bonds is 7. The average molecular weight is 195 g/mol. The van der Waals surface area contributed by atoms with Gasteiger partial charge in [0, 0.05) is 6.61 Å². The third-order valence-corrected chi connectivity index (χ3v) is 2.13. The van der Waals surface area contributed by atoms with Gasteiger partial charge in [-0.1, -0.05) is 18.6 Å². The van der Waals surface area contributed by atoms with Gasteiger partial charge in [0.05, 0.1) is 6.07 Å². The van der Waals surface area contributed by atoms with E-state index in [-0.39, 0.29) is 6.61 Å². The van der Waals surface area contributed by atoms with Crippen LogP contribution in [0.1, 0.15) is 40.0 Å². The summed E-state index contributed by atoms with van der Waals surface area (Å²) in [5.41, 5.74) is 1.39. The third-order valence-electron chi connectivity index (χ3n) is 2.13. The van der Waals surface area contributed by atoms with Crippen molar-refractivity contribution < 1.29 is 4.74 Å². The van der Waals surface area contributed by atoms with Gasteiger partial charge in [0.15, 0.2) is 0 Å². The van der Waals surface area contributed by atoms with Crippen molar-refractivity contribution in [1.82, 2.24) is 0 Å². The van der Waals surface area contributed by atoms with Crippen LogP contribution in [0.25, 0.3) is 0 Å². The SMILES string of the molecule is CC(C)=CCCC(C)CCOCC#N. The zero-order valence-corrected chi connectivity index (χ0v) is 9.55. The quantitative estimate of drug-likeness (QED) is 0.461. The maximum absolute atomic E-state index is 8.25. The molecule has 0 bridgehead atoms. The number of nitrogens with zero attached hydrogens (tertiary/aromatic N) is 1. The number of ether oxygens (including phenoxy) is 1. The number of allylic oxidation sites excluding steroid dienone is 2. The zero-order valence-electron chi connectivity index (χ0n) is 9.55. The first-order valence-electron chi connectivity index (χ1n) is 5.25. The Morgan fingerprint density at radius 1 is 1.43 bits per heavy atom. The Hall–Kier alpha value is -0.810. The molecule has 1 atom stereocenters. The Balaban J connectivity index is 3.33. The fraction of sp³-hybridized carbons (Fsp3) is 0.750. The molecule has 0 N–H and O–H groups in total. The van der Waals surface area contributed by atoms with Gasteiger partial charge in [0.2, 0.25) is 0 Å². The van der Waals surface area contributed by atoms with Crippen LogP contribution in [0, 0.1) is 17.2 Å². The van der Waals surface area contributed by atoms with Crippen LogP contribution >= 0.6 is 0 Å². The molecule has 2 heteroatoms. The van der Waals surface area contributed by atoms with Gasteiger partial charge < -0.3 is 4.74 Å². The van der Waals surface area contributed by atoms with Crippen LogP contribution in [0.2, 0.25) is 0 Å². The molecule has 14 heavy (non-hydrogen) atoms. The van der Waals surface area contributed by atoms with Gasteiger partial charge in [0.25, 0.3) is 0 Å². The molecule has 0 rings (SSSR count). The predicted octanol–water partition coefficient (Wildman–Crippen LogP) is 3.30. The number of hydrogen-bond acceptors (Lipinski definition) is 2. The van der Waals surface area contributed by atoms with Gasteiger partial charge >= 0.3 is 0 Å². The molecular formula is C12H21NO. The summed E-state index contributed by atoms with van der Waals surface area (Å²) in [7, 11) is 0. The van der Waals surface area contributed by atoms with Crippen LogP contribution in [0.4, 0.5) is 0 Å². The van der Waals surface area contributed by atoms with Crippen molar-refractivity contribution in [3.8, 4) is 6.07 Å². The minimum absolute atomic E-state index is 0.223. The molecule has 0 aliphatic rings. The first-order chi connectivity index (χ1) is 6.66. The zero-order chi connectivity index (χ0) is 10.8. The van der Waals surface area contributed by atoms with Crippen LogP contribution < -0.4 is 0 Å². The van der Waals surface area contributed by atoms with Crippen molar-refractivity contribution in [2.24, 2.45) is 5.92 Å². The highest BCUT2D eigenvalue weighted by atomic mass is 16.5. The van der Waals surface area contributed by atoms with Crippen molar-refractivity contribution >= 4 is 0 Å². The topological polar surface area (TPSA) is 33.0 Å². The van der Waals surface area contributed by atoms with Crippen LogP contribution in [-0.4, -0.2) is 13.2 Å². The summed E-state index contributed by atoms with van der Waals surface area (Å²) < 4.78 is 5.10. The highest BCUT2D eigenvalue weighted by molar-refractivity contribution is 4.92. The molecule has 0 saturated heterocycles. The van der Waals surface area contributed by atoms with Gasteiger partial charge in [0.1, 0.15) is 6.61 Å². The minimum atomic E-state index is 0.223. The Morgan fingerprint density at radius 3 is 2.71 bits per heavy atom. The highest BCUT2D eigenvalue weighted by Crippen LogP contribution is 2.11. The first-order valence-corrected chi connectivity index (χ1v) is 5.25. The van der Waals surface area contributed by atoms with E-state index in [1.54, 1.807) is 0 Å². The highest BCUT2D eigenvalue weighted by Gasteiger charge is 2.00. The second-order valence-corrected chi connectivity index (χ2v) is 3.96. The van der Waals surface area contributed by atoms with Gasteiger partial charge in [-0.2, -0.15) is 5.26 Å². The van der Waals surface area contributed by atoms with Crippen LogP contribution in [0.5, 0.6) is 0 Å². The molecule has 0 fully saturated rings. The lowest BCUT2D eigenvalue weighted by Gasteiger charge is -2.08. The van der Waals surface area contributed by atoms with Crippen molar-refractivity contribution in [2.45, 2.75) is 40.0 Å². The van der Waals surface area contributed by atoms with Crippen molar-refractivity contribution in [2.75, 3.05) is 13.2 Å². The standard InChI is InChI=1S/C12H21NO/c1-11(2)5-4-6-12(3)7-9-14-10-8-13/h5,12H,4,6-7,9-10H2,1-3H3. The fourth-order valence-corrected chi connectivity index (χ4v) is 1.20. The van der Waals surface area contributed by atoms with Crippen molar-refractivity contribution in [3.63, 3.8) is 0 Å². The Bertz CT molecular complexity index is 199. The van der Waals surface area contributed by atoms with E-state index in [2.05, 4.69) is 26.8 Å². The molecule has 0 amide bonds. The lowest BCUT2D eigenvalue weighted by Crippen LogP contribution is -2.02. The van der Waals surface area contributed by atoms with E-state index in [1.165, 1.54) is 12.0 Å². The van der Waals surface area contributed by atoms with Crippen molar-refractivity contribution in [1.29, 1.82) is 5.26 Å². The summed E-state index contributed by atoms with van der Waals surface area (Å²) in [5, 5.41) is 8.25. The maximum atomic E-state index is 8.25. The molecule has 0 radical (unpaired) electrons. The van der Waals surface area contributed by atoms with Gasteiger partial charge in [-0.15, -0.1) is 0 Å². The summed E-state index contributed by atoms with van der Waals surface area (Å²) in [6, 6.07) is 1.97. The molecule has 0 aromatic heterocycles. The smallest absolute Gasteiger partial charge is 0.133 e. The molecule has 80 valence electrons. The average Bonchev–Trinajstić information content (AvgIpc) is 2.12. The summed E-state index contributed by atoms with van der Waals surface area (Å²) in [5.74, 6) is 0.685. The van der Waals surface area contributed by atoms with E-state index in [1.807, 2.05) is 6.07 Å². The van der Waals surface area contributed by atoms with E-state index in [9.17, 15) is 0 Å². The molecule has 0 aliphatic carbocycles. The molecule has 2 nitrogen and oxygen atoms in total. The largest absolute Gasteiger partial charge is 0.367 e. The van der Waals surface area contributed by atoms with Gasteiger partial charge in [-0.3, -0.25) is 0 Å². The lowest BCUT2D eigenvalue weighted by atomic mass is 10.0. The molecule has 0 spiro atoms. The second-order valence-electron chi connectivity index (χ2n) is 3.96. The van der Waals surface area contributed by atoms with E-state index >= 15 is 0 Å². The van der Waals surface area contributed by atoms with E-state index in [4.69, 9.17) is 10.00 Å². The minimum Gasteiger partial charge on any atom is -0.367 e. The molecule has 0 aromatic carbocycles. The van der Waals surface area contributed by atoms with E-state index in [0.29, 0.717) is 12.5 Å². The summed E-state index contributed by atoms with van der Waals surface area (Å²) >= 11 is 0.